The van der Waals surface area contributed by atoms with Gasteiger partial charge in [-0.15, -0.1) is 0 Å². The average Bonchev–Trinajstić information content (AvgIpc) is 2.71. The summed E-state index contributed by atoms with van der Waals surface area (Å²) in [5, 5.41) is 8.95. The topological polar surface area (TPSA) is 68.5 Å². The number of fused-ring (bicyclic) bond motifs is 1. The van der Waals surface area contributed by atoms with Crippen LogP contribution in [0.5, 0.6) is 5.75 Å². The second-order valence-electron chi connectivity index (χ2n) is 7.81. The number of para-hydroxylation sites is 1. The lowest BCUT2D eigenvalue weighted by Crippen LogP contribution is -2.26. The molecule has 2 aromatic carbocycles. The van der Waals surface area contributed by atoms with Crippen LogP contribution in [-0.4, -0.2) is 21.2 Å². The van der Waals surface area contributed by atoms with Crippen LogP contribution in [-0.2, 0) is 11.8 Å². The van der Waals surface area contributed by atoms with Crippen molar-refractivity contribution >= 4 is 16.9 Å². The smallest absolute Gasteiger partial charge is 0.330 e. The van der Waals surface area contributed by atoms with E-state index in [-0.39, 0.29) is 16.7 Å². The number of aryl methyl sites for hydroxylation is 1. The third-order valence-electron chi connectivity index (χ3n) is 4.91. The molecule has 0 aliphatic rings. The molecule has 158 valence electrons. The second kappa shape index (κ2) is 9.44. The van der Waals surface area contributed by atoms with Crippen LogP contribution in [0.3, 0.4) is 0 Å². The molecule has 1 heterocycles. The third-order valence-corrected chi connectivity index (χ3v) is 4.91. The number of hydrogen-bond acceptors (Lipinski definition) is 3. The predicted molar refractivity (Wildman–Crippen MR) is 122 cm³/mol. The summed E-state index contributed by atoms with van der Waals surface area (Å²) < 4.78 is 7.69. The van der Waals surface area contributed by atoms with Crippen molar-refractivity contribution < 1.29 is 14.6 Å². The van der Waals surface area contributed by atoms with E-state index < -0.39 is 5.97 Å². The molecule has 3 rings (SSSR count). The van der Waals surface area contributed by atoms with Gasteiger partial charge in [-0.3, -0.25) is 4.79 Å². The summed E-state index contributed by atoms with van der Waals surface area (Å²) in [6, 6.07) is 17.7. The molecule has 0 aliphatic carbocycles. The summed E-state index contributed by atoms with van der Waals surface area (Å²) in [6.07, 6.45) is 0.931. The van der Waals surface area contributed by atoms with Gasteiger partial charge in [-0.1, -0.05) is 43.8 Å². The van der Waals surface area contributed by atoms with Crippen molar-refractivity contribution in [3.8, 4) is 16.9 Å². The van der Waals surface area contributed by atoms with Crippen LogP contribution in [0.4, 0.5) is 0 Å². The van der Waals surface area contributed by atoms with Gasteiger partial charge >= 0.3 is 5.97 Å². The number of carbonyl (C=O) groups is 1. The molecule has 0 spiro atoms. The number of benzene rings is 2. The Kier molecular flexibility index (Phi) is 7.22. The minimum absolute atomic E-state index is 0.0104. The van der Waals surface area contributed by atoms with Gasteiger partial charge in [0.05, 0.1) is 5.52 Å². The van der Waals surface area contributed by atoms with Crippen molar-refractivity contribution in [2.75, 3.05) is 0 Å². The van der Waals surface area contributed by atoms with E-state index in [1.807, 2.05) is 61.6 Å². The summed E-state index contributed by atoms with van der Waals surface area (Å²) in [6.45, 7) is 10.8. The van der Waals surface area contributed by atoms with Crippen LogP contribution in [0.1, 0.15) is 34.1 Å². The van der Waals surface area contributed by atoms with Crippen molar-refractivity contribution in [2.45, 2.75) is 39.7 Å². The van der Waals surface area contributed by atoms with Gasteiger partial charge in [0.2, 0.25) is 0 Å². The molecule has 0 atom stereocenters. The van der Waals surface area contributed by atoms with E-state index in [9.17, 15) is 9.59 Å². The van der Waals surface area contributed by atoms with E-state index in [1.165, 1.54) is 6.92 Å². The van der Waals surface area contributed by atoms with Gasteiger partial charge in [0, 0.05) is 18.2 Å². The molecule has 3 aromatic rings. The van der Waals surface area contributed by atoms with Crippen LogP contribution >= 0.6 is 0 Å². The van der Waals surface area contributed by atoms with Crippen LogP contribution in [0.15, 0.2) is 71.5 Å². The van der Waals surface area contributed by atoms with Gasteiger partial charge in [0.15, 0.2) is 0 Å². The van der Waals surface area contributed by atoms with Crippen molar-refractivity contribution in [3.05, 3.63) is 77.1 Å². The summed E-state index contributed by atoms with van der Waals surface area (Å²) >= 11 is 0. The Labute approximate surface area is 177 Å². The number of carboxylic acids is 1. The van der Waals surface area contributed by atoms with Gasteiger partial charge in [0.25, 0.3) is 5.56 Å². The van der Waals surface area contributed by atoms with Crippen molar-refractivity contribution in [1.29, 1.82) is 0 Å². The lowest BCUT2D eigenvalue weighted by molar-refractivity contribution is -0.132. The van der Waals surface area contributed by atoms with E-state index in [0.29, 0.717) is 5.56 Å². The number of aliphatic carboxylic acids is 1. The Morgan fingerprint density at radius 2 is 1.70 bits per heavy atom. The molecule has 0 saturated carbocycles. The zero-order valence-corrected chi connectivity index (χ0v) is 18.2. The van der Waals surface area contributed by atoms with E-state index in [0.717, 1.165) is 28.6 Å². The highest BCUT2D eigenvalue weighted by molar-refractivity contribution is 5.85. The molecule has 0 saturated heterocycles. The first kappa shape index (κ1) is 22.9. The maximum Gasteiger partial charge on any atom is 0.330 e. The maximum atomic E-state index is 12.7. The van der Waals surface area contributed by atoms with Gasteiger partial charge < -0.3 is 14.4 Å². The first-order valence-electron chi connectivity index (χ1n) is 9.82. The highest BCUT2D eigenvalue weighted by Crippen LogP contribution is 2.25. The fraction of sp³-hybridized carbons (Fsp3) is 0.280. The number of aromatic nitrogens is 1. The molecule has 1 N–H and O–H groups in total. The SMILES string of the molecule is C=C(C)C(=O)O.CCC(C)(C)Oc1ccc(-c2cc3ccccc3n(C)c2=O)cc1. The van der Waals surface area contributed by atoms with E-state index in [2.05, 4.69) is 27.4 Å². The van der Waals surface area contributed by atoms with Crippen molar-refractivity contribution in [2.24, 2.45) is 7.05 Å². The van der Waals surface area contributed by atoms with Gasteiger partial charge in [-0.05, 0) is 62.4 Å². The minimum atomic E-state index is -0.935. The summed E-state index contributed by atoms with van der Waals surface area (Å²) in [5.41, 5.74) is 2.54. The fourth-order valence-corrected chi connectivity index (χ4v) is 2.72. The number of hydrogen-bond donors (Lipinski definition) is 1. The average molecular weight is 408 g/mol. The molecule has 5 heteroatoms. The summed E-state index contributed by atoms with van der Waals surface area (Å²) in [7, 11) is 1.81. The van der Waals surface area contributed by atoms with Gasteiger partial charge in [0.1, 0.15) is 11.4 Å². The Hall–Kier alpha value is -3.34. The molecule has 0 fully saturated rings. The number of nitrogens with zero attached hydrogens (tertiary/aromatic N) is 1. The molecule has 0 aliphatic heterocycles. The largest absolute Gasteiger partial charge is 0.488 e. The minimum Gasteiger partial charge on any atom is -0.488 e. The van der Waals surface area contributed by atoms with Gasteiger partial charge in [-0.25, -0.2) is 4.79 Å². The predicted octanol–water partition coefficient (Wildman–Crippen LogP) is 5.42. The first-order chi connectivity index (χ1) is 14.1. The zero-order chi connectivity index (χ0) is 22.5. The van der Waals surface area contributed by atoms with E-state index in [4.69, 9.17) is 9.84 Å². The normalized spacial score (nSPS) is 10.8. The van der Waals surface area contributed by atoms with E-state index in [1.54, 1.807) is 4.57 Å². The lowest BCUT2D eigenvalue weighted by Gasteiger charge is -2.24. The Bertz CT molecular complexity index is 1100. The zero-order valence-electron chi connectivity index (χ0n) is 18.2. The number of rotatable bonds is 5. The summed E-state index contributed by atoms with van der Waals surface area (Å²) in [4.78, 5) is 22.3. The van der Waals surface area contributed by atoms with Crippen molar-refractivity contribution in [1.82, 2.24) is 4.57 Å². The van der Waals surface area contributed by atoms with Crippen LogP contribution in [0.25, 0.3) is 22.0 Å². The monoisotopic (exact) mass is 407 g/mol. The Balaban J connectivity index is 0.000000469. The number of carboxylic acid groups (broad SMARTS) is 1. The second-order valence-corrected chi connectivity index (χ2v) is 7.81. The molecular weight excluding hydrogens is 378 g/mol. The Morgan fingerprint density at radius 3 is 2.23 bits per heavy atom. The third kappa shape index (κ3) is 5.60. The fourth-order valence-electron chi connectivity index (χ4n) is 2.72. The lowest BCUT2D eigenvalue weighted by atomic mass is 10.0. The van der Waals surface area contributed by atoms with E-state index >= 15 is 0 Å². The number of pyridine rings is 1. The highest BCUT2D eigenvalue weighted by atomic mass is 16.5. The summed E-state index contributed by atoms with van der Waals surface area (Å²) in [5.74, 6) is -0.113. The molecule has 1 aromatic heterocycles. The standard InChI is InChI=1S/C21H23NO2.C4H6O2/c1-5-21(2,3)24-17-12-10-15(11-13-17)18-14-16-8-6-7-9-19(16)22(4)20(18)23;1-3(2)4(5)6/h6-14H,5H2,1-4H3;1H2,2H3,(H,5,6). The van der Waals surface area contributed by atoms with Crippen LogP contribution < -0.4 is 10.3 Å². The molecule has 0 bridgehead atoms. The molecule has 0 amide bonds. The highest BCUT2D eigenvalue weighted by Gasteiger charge is 2.17. The molecule has 30 heavy (non-hydrogen) atoms. The maximum absolute atomic E-state index is 12.7. The molecule has 0 unspecified atom stereocenters. The van der Waals surface area contributed by atoms with Crippen molar-refractivity contribution in [3.63, 3.8) is 0 Å². The van der Waals surface area contributed by atoms with Crippen LogP contribution in [0.2, 0.25) is 0 Å². The molecule has 5 nitrogen and oxygen atoms in total. The number of ether oxygens (including phenoxy) is 1. The van der Waals surface area contributed by atoms with Gasteiger partial charge in [-0.2, -0.15) is 0 Å². The molecular formula is C25H29NO4. The first-order valence-corrected chi connectivity index (χ1v) is 9.82. The van der Waals surface area contributed by atoms with Crippen LogP contribution in [0, 0.1) is 0 Å². The molecule has 0 radical (unpaired) electrons. The Morgan fingerprint density at radius 1 is 1.13 bits per heavy atom. The quantitative estimate of drug-likeness (QED) is 0.574.